The van der Waals surface area contributed by atoms with Crippen LogP contribution < -0.4 is 9.62 Å². The van der Waals surface area contributed by atoms with Crippen LogP contribution >= 0.6 is 0 Å². The summed E-state index contributed by atoms with van der Waals surface area (Å²) in [5, 5.41) is 47.1. The molecule has 0 saturated carbocycles. The number of halogens is 1. The van der Waals surface area contributed by atoms with Crippen molar-refractivity contribution in [2.45, 2.75) is 94.5 Å². The zero-order valence-corrected chi connectivity index (χ0v) is 31.3. The molecule has 2 aliphatic rings. The number of hydrogen-bond donors (Lipinski definition) is 6. The lowest BCUT2D eigenvalue weighted by molar-refractivity contribution is -0.238. The van der Waals surface area contributed by atoms with Gasteiger partial charge in [-0.2, -0.15) is 0 Å². The van der Waals surface area contributed by atoms with Gasteiger partial charge in [0, 0.05) is 25.1 Å². The minimum Gasteiger partial charge on any atom is -0.479 e. The lowest BCUT2D eigenvalue weighted by atomic mass is 9.91. The maximum atomic E-state index is 12.9. The molecule has 0 radical (unpaired) electrons. The second-order valence-electron chi connectivity index (χ2n) is 13.8. The van der Waals surface area contributed by atoms with Gasteiger partial charge in [-0.3, -0.25) is 4.79 Å². The highest BCUT2D eigenvalue weighted by Gasteiger charge is 2.38. The van der Waals surface area contributed by atoms with Gasteiger partial charge in [0.2, 0.25) is 15.9 Å². The van der Waals surface area contributed by atoms with E-state index in [-0.39, 0.29) is 43.1 Å². The molecule has 2 fully saturated rings. The molecule has 0 aliphatic carbocycles. The molecule has 6 N–H and O–H groups in total. The molecule has 2 heterocycles. The largest absolute Gasteiger partial charge is 0.479 e. The monoisotopic (exact) mass is 774 g/mol. The lowest BCUT2D eigenvalue weighted by Gasteiger charge is -2.41. The molecule has 2 saturated heterocycles. The average Bonchev–Trinajstić information content (AvgIpc) is 3.14. The summed E-state index contributed by atoms with van der Waals surface area (Å²) < 4.78 is 48.7. The minimum atomic E-state index is -3.17. The Kier molecular flexibility index (Phi) is 15.7. The SMILES string of the molecule is CCC(OC1CC(O)CC(C(=O)O)O1)c1ccc(F)cc1.CS(=O)(=O)NCCCc1ccc(N2C(=O)CC2c2ccc(CCC(O)(CO)CO)cc2)cc1. The van der Waals surface area contributed by atoms with E-state index in [1.54, 1.807) is 17.0 Å². The van der Waals surface area contributed by atoms with Gasteiger partial charge in [0.1, 0.15) is 11.4 Å². The van der Waals surface area contributed by atoms with Crippen LogP contribution in [0.4, 0.5) is 10.1 Å². The number of hydrogen-bond acceptors (Lipinski definition) is 10. The molecule has 0 aromatic heterocycles. The average molecular weight is 775 g/mol. The number of aliphatic carboxylic acids is 1. The molecule has 0 bridgehead atoms. The van der Waals surface area contributed by atoms with Crippen molar-refractivity contribution >= 4 is 27.6 Å². The first-order valence-corrected chi connectivity index (χ1v) is 19.9. The van der Waals surface area contributed by atoms with Crippen LogP contribution in [0.2, 0.25) is 0 Å². The second-order valence-corrected chi connectivity index (χ2v) is 15.6. The first-order valence-electron chi connectivity index (χ1n) is 18.0. The summed E-state index contributed by atoms with van der Waals surface area (Å²) in [6.45, 7) is 1.32. The fourth-order valence-electron chi connectivity index (χ4n) is 6.25. The number of carboxylic acids is 1. The standard InChI is InChI=1S/C24H32N2O6S.C15H19FO5/c1-33(31,32)25-14-2-3-18-6-10-21(11-7-18)26-22(15-23(26)29)20-8-4-19(5-9-20)12-13-24(30,16-27)17-28;1-2-12(9-3-5-10(16)6-4-9)20-14-8-11(17)7-13(21-14)15(18)19/h4-11,22,25,27-28,30H,2-3,12-17H2,1H3;3-6,11-14,17H,2,7-8H2,1H3,(H,18,19). The van der Waals surface area contributed by atoms with Crippen LogP contribution in [0, 0.1) is 5.82 Å². The van der Waals surface area contributed by atoms with Crippen LogP contribution in [-0.4, -0.2) is 95.9 Å². The Hall–Kier alpha value is -3.80. The number of aryl methyl sites for hydroxylation is 2. The highest BCUT2D eigenvalue weighted by atomic mass is 32.2. The molecular formula is C39H51FN2O11S. The van der Waals surface area contributed by atoms with Gasteiger partial charge in [0.25, 0.3) is 0 Å². The lowest BCUT2D eigenvalue weighted by Crippen LogP contribution is -2.46. The fourth-order valence-corrected chi connectivity index (χ4v) is 6.76. The number of anilines is 1. The highest BCUT2D eigenvalue weighted by Crippen LogP contribution is 2.39. The van der Waals surface area contributed by atoms with Crippen molar-refractivity contribution in [2.24, 2.45) is 0 Å². The Morgan fingerprint density at radius 2 is 1.61 bits per heavy atom. The maximum absolute atomic E-state index is 12.9. The number of rotatable bonds is 17. The Morgan fingerprint density at radius 3 is 2.17 bits per heavy atom. The Labute approximate surface area is 315 Å². The molecule has 296 valence electrons. The van der Waals surface area contributed by atoms with E-state index in [0.29, 0.717) is 32.2 Å². The van der Waals surface area contributed by atoms with Gasteiger partial charge in [-0.05, 0) is 78.6 Å². The van der Waals surface area contributed by atoms with Crippen LogP contribution in [0.15, 0.2) is 72.8 Å². The zero-order chi connectivity index (χ0) is 39.5. The number of sulfonamides is 1. The first kappa shape index (κ1) is 42.9. The van der Waals surface area contributed by atoms with Gasteiger partial charge in [-0.25, -0.2) is 22.3 Å². The number of carboxylic acid groups (broad SMARTS) is 1. The number of carbonyl (C=O) groups is 2. The van der Waals surface area contributed by atoms with E-state index in [2.05, 4.69) is 4.72 Å². The number of benzene rings is 3. The van der Waals surface area contributed by atoms with E-state index < -0.39 is 53.3 Å². The normalized spacial score (nSPS) is 20.8. The summed E-state index contributed by atoms with van der Waals surface area (Å²) >= 11 is 0. The number of nitrogens with zero attached hydrogens (tertiary/aromatic N) is 1. The number of amides is 1. The van der Waals surface area contributed by atoms with Crippen molar-refractivity contribution in [3.63, 3.8) is 0 Å². The third kappa shape index (κ3) is 12.6. The molecule has 54 heavy (non-hydrogen) atoms. The Morgan fingerprint density at radius 1 is 1.00 bits per heavy atom. The topological polar surface area (TPSA) is 203 Å². The van der Waals surface area contributed by atoms with E-state index in [4.69, 9.17) is 14.6 Å². The van der Waals surface area contributed by atoms with Gasteiger partial charge in [0.05, 0.1) is 44.1 Å². The summed E-state index contributed by atoms with van der Waals surface area (Å²) in [5.41, 5.74) is 3.21. The molecular weight excluding hydrogens is 723 g/mol. The van der Waals surface area contributed by atoms with Gasteiger partial charge in [0.15, 0.2) is 12.4 Å². The van der Waals surface area contributed by atoms with Crippen LogP contribution in [0.5, 0.6) is 0 Å². The Bertz CT molecular complexity index is 1750. The Balaban J connectivity index is 0.000000266. The van der Waals surface area contributed by atoms with E-state index in [1.165, 1.54) is 12.1 Å². The number of nitrogens with one attached hydrogen (secondary N) is 1. The molecule has 2 aliphatic heterocycles. The van der Waals surface area contributed by atoms with Gasteiger partial charge >= 0.3 is 5.97 Å². The minimum absolute atomic E-state index is 0.0387. The number of β-lactam (4-membered cyclic amide) rings is 1. The number of ether oxygens (including phenoxy) is 2. The van der Waals surface area contributed by atoms with E-state index >= 15 is 0 Å². The van der Waals surface area contributed by atoms with E-state index in [1.807, 2.05) is 55.5 Å². The molecule has 5 rings (SSSR count). The van der Waals surface area contributed by atoms with Gasteiger partial charge in [-0.1, -0.05) is 55.5 Å². The summed E-state index contributed by atoms with van der Waals surface area (Å²) in [5.74, 6) is -1.38. The number of aliphatic hydroxyl groups excluding tert-OH is 3. The smallest absolute Gasteiger partial charge is 0.333 e. The quantitative estimate of drug-likeness (QED) is 0.0865. The molecule has 13 nitrogen and oxygen atoms in total. The molecule has 5 unspecified atom stereocenters. The molecule has 5 atom stereocenters. The third-order valence-corrected chi connectivity index (χ3v) is 10.2. The third-order valence-electron chi connectivity index (χ3n) is 9.47. The predicted octanol–water partition coefficient (Wildman–Crippen LogP) is 3.54. The van der Waals surface area contributed by atoms with Gasteiger partial charge in [-0.15, -0.1) is 0 Å². The molecule has 3 aromatic carbocycles. The molecule has 3 aromatic rings. The van der Waals surface area contributed by atoms with E-state index in [9.17, 15) is 42.8 Å². The molecule has 0 spiro atoms. The second kappa shape index (κ2) is 19.7. The number of carbonyl (C=O) groups excluding carboxylic acids is 1. The summed E-state index contributed by atoms with van der Waals surface area (Å²) in [4.78, 5) is 25.1. The van der Waals surface area contributed by atoms with Crippen molar-refractivity contribution in [1.82, 2.24) is 4.72 Å². The van der Waals surface area contributed by atoms with Gasteiger partial charge < -0.3 is 39.9 Å². The van der Waals surface area contributed by atoms with Crippen LogP contribution in [0.25, 0.3) is 0 Å². The van der Waals surface area contributed by atoms with Crippen LogP contribution in [0.1, 0.15) is 79.8 Å². The molecule has 1 amide bonds. The van der Waals surface area contributed by atoms with Crippen molar-refractivity contribution in [3.05, 3.63) is 101 Å². The van der Waals surface area contributed by atoms with Crippen LogP contribution in [-0.2, 0) is 41.9 Å². The first-order chi connectivity index (χ1) is 25.6. The van der Waals surface area contributed by atoms with E-state index in [0.717, 1.165) is 40.6 Å². The van der Waals surface area contributed by atoms with Crippen molar-refractivity contribution in [1.29, 1.82) is 0 Å². The number of aliphatic hydroxyl groups is 4. The van der Waals surface area contributed by atoms with Crippen molar-refractivity contribution in [3.8, 4) is 0 Å². The fraction of sp³-hybridized carbons (Fsp3) is 0.487. The van der Waals surface area contributed by atoms with Crippen molar-refractivity contribution < 1.29 is 57.4 Å². The summed E-state index contributed by atoms with van der Waals surface area (Å²) in [7, 11) is -3.17. The summed E-state index contributed by atoms with van der Waals surface area (Å²) in [6, 6.07) is 21.5. The van der Waals surface area contributed by atoms with Crippen LogP contribution in [0.3, 0.4) is 0 Å². The summed E-state index contributed by atoms with van der Waals surface area (Å²) in [6.07, 6.45) is 1.73. The maximum Gasteiger partial charge on any atom is 0.333 e. The highest BCUT2D eigenvalue weighted by molar-refractivity contribution is 7.88. The van der Waals surface area contributed by atoms with Crippen molar-refractivity contribution in [2.75, 3.05) is 30.9 Å². The predicted molar refractivity (Wildman–Crippen MR) is 198 cm³/mol. The molecule has 15 heteroatoms. The zero-order valence-electron chi connectivity index (χ0n) is 30.5.